The van der Waals surface area contributed by atoms with Crippen LogP contribution in [0.4, 0.5) is 8.78 Å². The van der Waals surface area contributed by atoms with Gasteiger partial charge in [-0.1, -0.05) is 19.8 Å². The fraction of sp³-hybridized carbons (Fsp3) is 0.684. The summed E-state index contributed by atoms with van der Waals surface area (Å²) in [6.45, 7) is 4.82. The van der Waals surface area contributed by atoms with Gasteiger partial charge in [0.05, 0.1) is 19.3 Å². The molecule has 1 fully saturated rings. The maximum atomic E-state index is 13.9. The molecule has 136 valence electrons. The lowest BCUT2D eigenvalue weighted by molar-refractivity contribution is 0.00298. The Morgan fingerprint density at radius 1 is 0.917 bits per heavy atom. The summed E-state index contributed by atoms with van der Waals surface area (Å²) in [5.41, 5.74) is 0. The van der Waals surface area contributed by atoms with Crippen LogP contribution in [0.3, 0.4) is 0 Å². The summed E-state index contributed by atoms with van der Waals surface area (Å²) in [4.78, 5) is 0. The molecule has 1 aliphatic carbocycles. The van der Waals surface area contributed by atoms with Crippen LogP contribution in [0.5, 0.6) is 11.5 Å². The van der Waals surface area contributed by atoms with E-state index in [0.717, 1.165) is 18.8 Å². The largest absolute Gasteiger partial charge is 0.491 e. The summed E-state index contributed by atoms with van der Waals surface area (Å²) in [6, 6.07) is 2.77. The molecule has 3 nitrogen and oxygen atoms in total. The van der Waals surface area contributed by atoms with Crippen LogP contribution < -0.4 is 9.47 Å². The minimum absolute atomic E-state index is 0.0950. The lowest BCUT2D eigenvalue weighted by Gasteiger charge is -2.28. The molecule has 0 atom stereocenters. The van der Waals surface area contributed by atoms with Gasteiger partial charge in [-0.3, -0.25) is 0 Å². The molecule has 0 spiro atoms. The van der Waals surface area contributed by atoms with E-state index < -0.39 is 11.6 Å². The van der Waals surface area contributed by atoms with Gasteiger partial charge in [0, 0.05) is 0 Å². The zero-order valence-electron chi connectivity index (χ0n) is 14.7. The standard InChI is InChI=1S/C19H28F2O3/c1-3-5-14-6-8-15(9-7-14)23-12-13-24-17-11-10-16(22-4-2)18(20)19(17)21/h10-11,14-15H,3-9,12-13H2,1-2H3. The molecule has 5 heteroatoms. The second-order valence-corrected chi connectivity index (χ2v) is 6.27. The van der Waals surface area contributed by atoms with Crippen LogP contribution in [0.15, 0.2) is 12.1 Å². The second kappa shape index (κ2) is 9.82. The van der Waals surface area contributed by atoms with Crippen molar-refractivity contribution >= 4 is 0 Å². The third-order valence-corrected chi connectivity index (χ3v) is 4.50. The molecule has 0 N–H and O–H groups in total. The highest BCUT2D eigenvalue weighted by molar-refractivity contribution is 5.34. The van der Waals surface area contributed by atoms with E-state index in [1.54, 1.807) is 6.92 Å². The Kier molecular flexibility index (Phi) is 7.76. The smallest absolute Gasteiger partial charge is 0.204 e. The van der Waals surface area contributed by atoms with E-state index in [-0.39, 0.29) is 30.8 Å². The Labute approximate surface area is 143 Å². The monoisotopic (exact) mass is 342 g/mol. The van der Waals surface area contributed by atoms with Crippen molar-refractivity contribution < 1.29 is 23.0 Å². The van der Waals surface area contributed by atoms with Crippen LogP contribution in [-0.4, -0.2) is 25.9 Å². The van der Waals surface area contributed by atoms with Crippen LogP contribution in [0, 0.1) is 17.6 Å². The quantitative estimate of drug-likeness (QED) is 0.583. The van der Waals surface area contributed by atoms with Crippen LogP contribution in [0.1, 0.15) is 52.4 Å². The molecule has 0 unspecified atom stereocenters. The van der Waals surface area contributed by atoms with Crippen molar-refractivity contribution in [3.8, 4) is 11.5 Å². The van der Waals surface area contributed by atoms with E-state index in [1.807, 2.05) is 0 Å². The van der Waals surface area contributed by atoms with Crippen molar-refractivity contribution in [1.82, 2.24) is 0 Å². The number of rotatable bonds is 9. The van der Waals surface area contributed by atoms with Gasteiger partial charge in [0.1, 0.15) is 6.61 Å². The van der Waals surface area contributed by atoms with Gasteiger partial charge >= 0.3 is 0 Å². The van der Waals surface area contributed by atoms with Crippen molar-refractivity contribution in [3.63, 3.8) is 0 Å². The topological polar surface area (TPSA) is 27.7 Å². The zero-order valence-corrected chi connectivity index (χ0v) is 14.7. The van der Waals surface area contributed by atoms with Crippen LogP contribution in [-0.2, 0) is 4.74 Å². The Morgan fingerprint density at radius 2 is 1.54 bits per heavy atom. The van der Waals surface area contributed by atoms with E-state index in [1.165, 1.54) is 37.8 Å². The average molecular weight is 342 g/mol. The minimum Gasteiger partial charge on any atom is -0.491 e. The lowest BCUT2D eigenvalue weighted by Crippen LogP contribution is -2.23. The third-order valence-electron chi connectivity index (χ3n) is 4.50. The highest BCUT2D eigenvalue weighted by atomic mass is 19.2. The number of hydrogen-bond donors (Lipinski definition) is 0. The molecule has 0 saturated heterocycles. The Bertz CT molecular complexity index is 500. The summed E-state index contributed by atoms with van der Waals surface area (Å²) in [5, 5.41) is 0. The highest BCUT2D eigenvalue weighted by Crippen LogP contribution is 2.30. The third kappa shape index (κ3) is 5.33. The van der Waals surface area contributed by atoms with Gasteiger partial charge in [0.2, 0.25) is 11.6 Å². The molecule has 1 aromatic carbocycles. The van der Waals surface area contributed by atoms with Gasteiger partial charge in [0.25, 0.3) is 0 Å². The maximum Gasteiger partial charge on any atom is 0.204 e. The molecular formula is C19H28F2O3. The van der Waals surface area contributed by atoms with Crippen LogP contribution >= 0.6 is 0 Å². The molecule has 0 radical (unpaired) electrons. The van der Waals surface area contributed by atoms with E-state index >= 15 is 0 Å². The van der Waals surface area contributed by atoms with E-state index in [4.69, 9.17) is 14.2 Å². The van der Waals surface area contributed by atoms with Crippen molar-refractivity contribution in [2.45, 2.75) is 58.5 Å². The fourth-order valence-corrected chi connectivity index (χ4v) is 3.25. The summed E-state index contributed by atoms with van der Waals surface area (Å²) < 4.78 is 43.7. The molecule has 1 saturated carbocycles. The average Bonchev–Trinajstić information content (AvgIpc) is 2.59. The van der Waals surface area contributed by atoms with Crippen molar-refractivity contribution in [1.29, 1.82) is 0 Å². The molecule has 0 heterocycles. The summed E-state index contributed by atoms with van der Waals surface area (Å²) in [5.74, 6) is -1.38. The number of halogens is 2. The first kappa shape index (κ1) is 19.0. The van der Waals surface area contributed by atoms with Gasteiger partial charge in [-0.2, -0.15) is 8.78 Å². The molecule has 0 amide bonds. The first-order valence-corrected chi connectivity index (χ1v) is 9.00. The molecule has 1 aromatic rings. The number of ether oxygens (including phenoxy) is 3. The summed E-state index contributed by atoms with van der Waals surface area (Å²) in [7, 11) is 0. The Morgan fingerprint density at radius 3 is 2.12 bits per heavy atom. The molecule has 1 aliphatic rings. The molecule has 0 aromatic heterocycles. The van der Waals surface area contributed by atoms with Gasteiger partial charge in [-0.25, -0.2) is 0 Å². The summed E-state index contributed by atoms with van der Waals surface area (Å²) >= 11 is 0. The van der Waals surface area contributed by atoms with Gasteiger partial charge in [-0.15, -0.1) is 0 Å². The predicted octanol–water partition coefficient (Wildman–Crippen LogP) is 5.12. The second-order valence-electron chi connectivity index (χ2n) is 6.27. The highest BCUT2D eigenvalue weighted by Gasteiger charge is 2.21. The molecule has 24 heavy (non-hydrogen) atoms. The fourth-order valence-electron chi connectivity index (χ4n) is 3.25. The molecule has 0 bridgehead atoms. The summed E-state index contributed by atoms with van der Waals surface area (Å²) in [6.07, 6.45) is 7.42. The van der Waals surface area contributed by atoms with Gasteiger partial charge in [0.15, 0.2) is 11.5 Å². The van der Waals surface area contributed by atoms with Crippen molar-refractivity contribution in [2.75, 3.05) is 19.8 Å². The van der Waals surface area contributed by atoms with Crippen molar-refractivity contribution in [2.24, 2.45) is 5.92 Å². The van der Waals surface area contributed by atoms with Gasteiger partial charge < -0.3 is 14.2 Å². The molecular weight excluding hydrogens is 314 g/mol. The first-order chi connectivity index (χ1) is 11.7. The van der Waals surface area contributed by atoms with Crippen molar-refractivity contribution in [3.05, 3.63) is 23.8 Å². The number of hydrogen-bond acceptors (Lipinski definition) is 3. The molecule has 2 rings (SSSR count). The predicted molar refractivity (Wildman–Crippen MR) is 89.6 cm³/mol. The van der Waals surface area contributed by atoms with E-state index in [9.17, 15) is 8.78 Å². The zero-order chi connectivity index (χ0) is 17.4. The normalized spacial score (nSPS) is 20.8. The number of benzene rings is 1. The Balaban J connectivity index is 1.70. The molecule has 0 aliphatic heterocycles. The lowest BCUT2D eigenvalue weighted by atomic mass is 9.85. The van der Waals surface area contributed by atoms with Gasteiger partial charge in [-0.05, 0) is 50.7 Å². The SMILES string of the molecule is CCCC1CCC(OCCOc2ccc(OCC)c(F)c2F)CC1. The first-order valence-electron chi connectivity index (χ1n) is 9.00. The van der Waals surface area contributed by atoms with E-state index in [2.05, 4.69) is 6.92 Å². The van der Waals surface area contributed by atoms with E-state index in [0.29, 0.717) is 6.61 Å². The minimum atomic E-state index is -1.01. The van der Waals surface area contributed by atoms with Crippen LogP contribution in [0.2, 0.25) is 0 Å². The maximum absolute atomic E-state index is 13.9. The Hall–Kier alpha value is -1.36. The van der Waals surface area contributed by atoms with Crippen LogP contribution in [0.25, 0.3) is 0 Å².